The number of nitrogens with one attached hydrogen (secondary N) is 1. The lowest BCUT2D eigenvalue weighted by Crippen LogP contribution is -2.38. The highest BCUT2D eigenvalue weighted by Crippen LogP contribution is 2.26. The smallest absolute Gasteiger partial charge is 0.261 e. The zero-order valence-electron chi connectivity index (χ0n) is 17.1. The Kier molecular flexibility index (Phi) is 6.12. The predicted octanol–water partition coefficient (Wildman–Crippen LogP) is 4.18. The predicted molar refractivity (Wildman–Crippen MR) is 113 cm³/mol. The highest BCUT2D eigenvalue weighted by atomic mass is 32.2. The van der Waals surface area contributed by atoms with Crippen molar-refractivity contribution >= 4 is 15.7 Å². The van der Waals surface area contributed by atoms with Crippen molar-refractivity contribution in [3.05, 3.63) is 59.7 Å². The molecule has 2 aromatic carbocycles. The van der Waals surface area contributed by atoms with Gasteiger partial charge in [-0.25, -0.2) is 8.42 Å². The molecule has 1 aliphatic heterocycles. The Morgan fingerprint density at radius 2 is 1.71 bits per heavy atom. The van der Waals surface area contributed by atoms with Crippen LogP contribution in [0.25, 0.3) is 0 Å². The average Bonchev–Trinajstić information content (AvgIpc) is 2.68. The van der Waals surface area contributed by atoms with E-state index in [0.717, 1.165) is 37.4 Å². The minimum Gasteiger partial charge on any atom is -0.371 e. The van der Waals surface area contributed by atoms with Crippen LogP contribution in [0.2, 0.25) is 0 Å². The van der Waals surface area contributed by atoms with Gasteiger partial charge in [0.05, 0.1) is 17.6 Å². The highest BCUT2D eigenvalue weighted by molar-refractivity contribution is 7.92. The van der Waals surface area contributed by atoms with E-state index in [9.17, 15) is 8.42 Å². The van der Waals surface area contributed by atoms with E-state index >= 15 is 0 Å². The zero-order valence-corrected chi connectivity index (χ0v) is 17.9. The third-order valence-corrected chi connectivity index (χ3v) is 6.56. The molecule has 0 spiro atoms. The normalized spacial score (nSPS) is 18.8. The van der Waals surface area contributed by atoms with Crippen LogP contribution in [-0.2, 0) is 20.2 Å². The molecule has 28 heavy (non-hydrogen) atoms. The van der Waals surface area contributed by atoms with Crippen LogP contribution in [0.1, 0.15) is 44.9 Å². The van der Waals surface area contributed by atoms with Crippen LogP contribution in [0.15, 0.2) is 53.4 Å². The molecule has 0 aliphatic carbocycles. The Morgan fingerprint density at radius 3 is 2.29 bits per heavy atom. The van der Waals surface area contributed by atoms with Crippen molar-refractivity contribution in [1.82, 2.24) is 4.90 Å². The monoisotopic (exact) mass is 402 g/mol. The molecule has 1 unspecified atom stereocenters. The summed E-state index contributed by atoms with van der Waals surface area (Å²) in [7, 11) is -3.62. The van der Waals surface area contributed by atoms with Gasteiger partial charge in [-0.05, 0) is 47.4 Å². The zero-order chi connectivity index (χ0) is 20.4. The molecule has 0 radical (unpaired) electrons. The van der Waals surface area contributed by atoms with Gasteiger partial charge in [-0.3, -0.25) is 9.62 Å². The summed E-state index contributed by atoms with van der Waals surface area (Å²) in [4.78, 5) is 2.62. The molecular weight excluding hydrogens is 372 g/mol. The number of hydrogen-bond acceptors (Lipinski definition) is 4. The molecule has 1 heterocycles. The molecule has 0 bridgehead atoms. The first-order valence-electron chi connectivity index (χ1n) is 9.76. The van der Waals surface area contributed by atoms with Gasteiger partial charge >= 0.3 is 0 Å². The second-order valence-corrected chi connectivity index (χ2v) is 9.94. The maximum atomic E-state index is 12.7. The number of sulfonamides is 1. The molecule has 1 aliphatic rings. The van der Waals surface area contributed by atoms with E-state index in [2.05, 4.69) is 37.3 Å². The van der Waals surface area contributed by atoms with Gasteiger partial charge in [-0.1, -0.05) is 52.0 Å². The lowest BCUT2D eigenvalue weighted by molar-refractivity contribution is -0.0281. The Morgan fingerprint density at radius 1 is 1.07 bits per heavy atom. The molecule has 1 saturated heterocycles. The fourth-order valence-electron chi connectivity index (χ4n) is 3.31. The summed E-state index contributed by atoms with van der Waals surface area (Å²) in [5, 5.41) is 0. The Hall–Kier alpha value is -1.89. The molecule has 152 valence electrons. The first kappa shape index (κ1) is 20.8. The molecule has 2 aromatic rings. The van der Waals surface area contributed by atoms with Crippen molar-refractivity contribution in [2.75, 3.05) is 31.0 Å². The van der Waals surface area contributed by atoms with Crippen molar-refractivity contribution in [3.8, 4) is 0 Å². The molecule has 0 amide bonds. The second-order valence-electron chi connectivity index (χ2n) is 8.25. The summed E-state index contributed by atoms with van der Waals surface area (Å²) in [6, 6.07) is 14.5. The number of hydrogen-bond donors (Lipinski definition) is 1. The standard InChI is InChI=1S/C22H30N2O3S/c1-5-24-14-15-27-21(16-24)17-6-10-19(11-7-17)23-28(25,26)20-12-8-18(9-13-20)22(2,3)4/h6-13,21,23H,5,14-16H2,1-4H3. The number of benzene rings is 2. The van der Waals surface area contributed by atoms with Gasteiger partial charge in [-0.15, -0.1) is 0 Å². The Bertz CT molecular complexity index is 885. The van der Waals surface area contributed by atoms with Crippen LogP contribution in [0.5, 0.6) is 0 Å². The molecular formula is C22H30N2O3S. The lowest BCUT2D eigenvalue weighted by atomic mass is 9.87. The maximum Gasteiger partial charge on any atom is 0.261 e. The summed E-state index contributed by atoms with van der Waals surface area (Å²) in [5.41, 5.74) is 2.70. The minimum absolute atomic E-state index is 0.0138. The van der Waals surface area contributed by atoms with Crippen molar-refractivity contribution in [3.63, 3.8) is 0 Å². The van der Waals surface area contributed by atoms with E-state index in [0.29, 0.717) is 5.69 Å². The fourth-order valence-corrected chi connectivity index (χ4v) is 4.36. The third-order valence-electron chi connectivity index (χ3n) is 5.16. The summed E-state index contributed by atoms with van der Waals surface area (Å²) >= 11 is 0. The number of rotatable bonds is 5. The van der Waals surface area contributed by atoms with E-state index in [1.54, 1.807) is 24.3 Å². The van der Waals surface area contributed by atoms with Crippen molar-refractivity contribution in [2.45, 2.75) is 44.1 Å². The summed E-state index contributed by atoms with van der Waals surface area (Å²) in [5.74, 6) is 0. The first-order valence-corrected chi connectivity index (χ1v) is 11.2. The van der Waals surface area contributed by atoms with E-state index in [-0.39, 0.29) is 16.4 Å². The van der Waals surface area contributed by atoms with Gasteiger partial charge in [0.2, 0.25) is 0 Å². The quantitative estimate of drug-likeness (QED) is 0.815. The SMILES string of the molecule is CCN1CCOC(c2ccc(NS(=O)(=O)c3ccc(C(C)(C)C)cc3)cc2)C1. The third kappa shape index (κ3) is 4.93. The van der Waals surface area contributed by atoms with Crippen molar-refractivity contribution < 1.29 is 13.2 Å². The van der Waals surface area contributed by atoms with Crippen LogP contribution >= 0.6 is 0 Å². The maximum absolute atomic E-state index is 12.7. The molecule has 6 heteroatoms. The topological polar surface area (TPSA) is 58.6 Å². The second kappa shape index (κ2) is 8.23. The molecule has 1 N–H and O–H groups in total. The number of morpholine rings is 1. The van der Waals surface area contributed by atoms with Gasteiger partial charge in [-0.2, -0.15) is 0 Å². The van der Waals surface area contributed by atoms with Crippen molar-refractivity contribution in [2.24, 2.45) is 0 Å². The van der Waals surface area contributed by atoms with Gasteiger partial charge in [0.25, 0.3) is 10.0 Å². The first-order chi connectivity index (χ1) is 13.2. The molecule has 0 saturated carbocycles. The summed E-state index contributed by atoms with van der Waals surface area (Å²) in [6.07, 6.45) is 0.0318. The van der Waals surface area contributed by atoms with Crippen LogP contribution in [0, 0.1) is 0 Å². The Labute approximate surface area is 168 Å². The van der Waals surface area contributed by atoms with Gasteiger partial charge in [0.15, 0.2) is 0 Å². The van der Waals surface area contributed by atoms with Crippen LogP contribution in [0.3, 0.4) is 0 Å². The number of nitrogens with zero attached hydrogens (tertiary/aromatic N) is 1. The summed E-state index contributed by atoms with van der Waals surface area (Å²) in [6.45, 7) is 12.0. The van der Waals surface area contributed by atoms with Gasteiger partial charge < -0.3 is 4.74 Å². The van der Waals surface area contributed by atoms with E-state index in [4.69, 9.17) is 4.74 Å². The molecule has 1 atom stereocenters. The van der Waals surface area contributed by atoms with Crippen molar-refractivity contribution in [1.29, 1.82) is 0 Å². The van der Waals surface area contributed by atoms with E-state index in [1.165, 1.54) is 0 Å². The summed E-state index contributed by atoms with van der Waals surface area (Å²) < 4.78 is 33.9. The van der Waals surface area contributed by atoms with E-state index in [1.807, 2.05) is 24.3 Å². The molecule has 3 rings (SSSR count). The minimum atomic E-state index is -3.62. The van der Waals surface area contributed by atoms with Crippen LogP contribution in [-0.4, -0.2) is 39.6 Å². The average molecular weight is 403 g/mol. The number of ether oxygens (including phenoxy) is 1. The van der Waals surface area contributed by atoms with Crippen LogP contribution in [0.4, 0.5) is 5.69 Å². The largest absolute Gasteiger partial charge is 0.371 e. The lowest BCUT2D eigenvalue weighted by Gasteiger charge is -2.32. The highest BCUT2D eigenvalue weighted by Gasteiger charge is 2.21. The van der Waals surface area contributed by atoms with E-state index < -0.39 is 10.0 Å². The molecule has 5 nitrogen and oxygen atoms in total. The fraction of sp³-hybridized carbons (Fsp3) is 0.455. The molecule has 1 fully saturated rings. The Balaban J connectivity index is 1.70. The van der Waals surface area contributed by atoms with Gasteiger partial charge in [0, 0.05) is 18.8 Å². The van der Waals surface area contributed by atoms with Crippen LogP contribution < -0.4 is 4.72 Å². The molecule has 0 aromatic heterocycles. The van der Waals surface area contributed by atoms with Gasteiger partial charge in [0.1, 0.15) is 0 Å². The number of likely N-dealkylation sites (N-methyl/N-ethyl adjacent to an activating group) is 1. The number of anilines is 1.